The predicted octanol–water partition coefficient (Wildman–Crippen LogP) is -1.25. The summed E-state index contributed by atoms with van der Waals surface area (Å²) in [6.45, 7) is 0. The van der Waals surface area contributed by atoms with Gasteiger partial charge in [0.2, 0.25) is 0 Å². The van der Waals surface area contributed by atoms with Gasteiger partial charge in [-0.05, 0) is 6.42 Å². The Hall–Kier alpha value is 0.210. The van der Waals surface area contributed by atoms with E-state index < -0.39 is 29.2 Å². The van der Waals surface area contributed by atoms with Crippen molar-refractivity contribution in [3.05, 3.63) is 0 Å². The predicted molar refractivity (Wildman–Crippen MR) is 57.2 cm³/mol. The van der Waals surface area contributed by atoms with E-state index >= 15 is 0 Å². The van der Waals surface area contributed by atoms with Crippen molar-refractivity contribution >= 4 is 51.0 Å². The van der Waals surface area contributed by atoms with Gasteiger partial charge in [-0.1, -0.05) is 0 Å². The molecule has 0 aromatic carbocycles. The van der Waals surface area contributed by atoms with Gasteiger partial charge in [0.05, 0.1) is 0 Å². The van der Waals surface area contributed by atoms with Crippen LogP contribution in [0.5, 0.6) is 0 Å². The molecule has 84 valence electrons. The second kappa shape index (κ2) is 10.7. The maximum Gasteiger partial charge on any atom is 0.320 e. The fourth-order valence-electron chi connectivity index (χ4n) is 0.402. The molecule has 0 aliphatic rings. The van der Waals surface area contributed by atoms with Gasteiger partial charge in [-0.2, -0.15) is 0 Å². The van der Waals surface area contributed by atoms with Crippen molar-refractivity contribution in [1.82, 2.24) is 0 Å². The number of carboxylic acid groups (broad SMARTS) is 2. The molecule has 0 rings (SSSR count). The first kappa shape index (κ1) is 17.6. The smallest absolute Gasteiger partial charge is 0.320 e. The fourth-order valence-corrected chi connectivity index (χ4v) is 0.402. The number of carboxylic acids is 2. The summed E-state index contributed by atoms with van der Waals surface area (Å²) in [6.07, 6.45) is 1.51. The van der Waals surface area contributed by atoms with Crippen LogP contribution in [0.1, 0.15) is 12.8 Å². The maximum absolute atomic E-state index is 9.99. The summed E-state index contributed by atoms with van der Waals surface area (Å²) in [5.41, 5.74) is 5.00. The van der Waals surface area contributed by atoms with Crippen LogP contribution in [0, 0.1) is 0 Å². The Labute approximate surface area is 109 Å². The number of aliphatic carboxylic acids is 2. The van der Waals surface area contributed by atoms with Crippen LogP contribution in [-0.2, 0) is 20.8 Å². The van der Waals surface area contributed by atoms with Crippen molar-refractivity contribution in [1.29, 1.82) is 0 Å². The molecule has 2 atom stereocenters. The zero-order chi connectivity index (χ0) is 12.4. The molecule has 0 aliphatic heterocycles. The van der Waals surface area contributed by atoms with Gasteiger partial charge in [0.1, 0.15) is 6.04 Å². The van der Waals surface area contributed by atoms with Crippen LogP contribution in [0.3, 0.4) is 0 Å². The number of hydrogen-bond donors (Lipinski definition) is 3. The molecule has 0 aliphatic carbocycles. The van der Waals surface area contributed by atoms with Gasteiger partial charge in [0, 0.05) is 6.42 Å². The molecule has 0 heterocycles. The normalized spacial score (nSPS) is 13.4. The standard InChI is InChI=1S/C5H9NO4.C2H5OS.Na/c6-3(5(9)10)1-2-4(7)8;1-4(2)3;/h3H,1-2,6H2,(H,7,8)(H,9,10);1H2,2H3;/t3-;;/m0../s1. The molecule has 8 heteroatoms. The van der Waals surface area contributed by atoms with E-state index in [1.807, 2.05) is 0 Å². The summed E-state index contributed by atoms with van der Waals surface area (Å²) < 4.78 is 10.9. The SMILES string of the molecule is C[S+]([O-])[CH2][Na].N[C@@H](CCC(=O)O)C(=O)O. The molecule has 4 N–H and O–H groups in total. The maximum atomic E-state index is 9.99. The fraction of sp³-hybridized carbons (Fsp3) is 0.714. The third-order valence-electron chi connectivity index (χ3n) is 1.39. The Morgan fingerprint density at radius 3 is 2.13 bits per heavy atom. The first-order chi connectivity index (χ1) is 6.81. The molecule has 0 spiro atoms. The first-order valence-corrected chi connectivity index (χ1v) is 7.45. The summed E-state index contributed by atoms with van der Waals surface area (Å²) in [7, 11) is 0. The molecule has 0 amide bonds. The molecule has 15 heavy (non-hydrogen) atoms. The number of nitrogens with two attached hydrogens (primary N) is 1. The van der Waals surface area contributed by atoms with E-state index in [2.05, 4.69) is 0 Å². The minimum atomic E-state index is -1.17. The second-order valence-corrected chi connectivity index (χ2v) is 6.19. The third kappa shape index (κ3) is 16.9. The molecule has 0 aromatic heterocycles. The van der Waals surface area contributed by atoms with Gasteiger partial charge in [-0.15, -0.1) is 0 Å². The minimum absolute atomic E-state index is 0.0231. The van der Waals surface area contributed by atoms with E-state index in [1.54, 1.807) is 6.26 Å². The minimum Gasteiger partial charge on any atom is -0.481 e. The van der Waals surface area contributed by atoms with Crippen LogP contribution in [0.4, 0.5) is 0 Å². The number of carbonyl (C=O) groups is 2. The van der Waals surface area contributed by atoms with Crippen LogP contribution in [-0.4, -0.2) is 69.9 Å². The summed E-state index contributed by atoms with van der Waals surface area (Å²) >= 11 is 0.562. The Morgan fingerprint density at radius 2 is 1.93 bits per heavy atom. The van der Waals surface area contributed by atoms with Gasteiger partial charge in [-0.25, -0.2) is 0 Å². The summed E-state index contributed by atoms with van der Waals surface area (Å²) in [4.78, 5) is 19.9. The van der Waals surface area contributed by atoms with Crippen molar-refractivity contribution in [3.63, 3.8) is 0 Å². The van der Waals surface area contributed by atoms with Crippen LogP contribution >= 0.6 is 0 Å². The molecule has 0 fully saturated rings. The molecule has 6 nitrogen and oxygen atoms in total. The summed E-state index contributed by atoms with van der Waals surface area (Å²) in [5.74, 6) is -2.20. The molecule has 0 aromatic rings. The van der Waals surface area contributed by atoms with E-state index in [0.717, 1.165) is 30.9 Å². The first-order valence-electron chi connectivity index (χ1n) is 4.31. The van der Waals surface area contributed by atoms with Crippen LogP contribution in [0.25, 0.3) is 0 Å². The molecule has 0 saturated carbocycles. The molecule has 0 saturated heterocycles. The zero-order valence-corrected chi connectivity index (χ0v) is 11.6. The van der Waals surface area contributed by atoms with E-state index in [9.17, 15) is 14.1 Å². The molecule has 0 radical (unpaired) electrons. The monoisotopic (exact) mass is 247 g/mol. The Balaban J connectivity index is 0. The van der Waals surface area contributed by atoms with E-state index in [0.29, 0.717) is 0 Å². The molecular formula is C7H14NNaO5S. The Morgan fingerprint density at radius 1 is 1.53 bits per heavy atom. The van der Waals surface area contributed by atoms with Crippen molar-refractivity contribution in [2.45, 2.75) is 18.9 Å². The third-order valence-corrected chi connectivity index (χ3v) is 4.65. The van der Waals surface area contributed by atoms with Crippen molar-refractivity contribution in [2.75, 3.05) is 9.26 Å². The van der Waals surface area contributed by atoms with Gasteiger partial charge < -0.3 is 15.9 Å². The zero-order valence-electron chi connectivity index (χ0n) is 8.80. The van der Waals surface area contributed by atoms with Crippen LogP contribution in [0.2, 0.25) is 0 Å². The van der Waals surface area contributed by atoms with Gasteiger partial charge >= 0.3 is 64.9 Å². The second-order valence-electron chi connectivity index (χ2n) is 2.74. The number of hydrogen-bond acceptors (Lipinski definition) is 4. The quantitative estimate of drug-likeness (QED) is 0.412. The Kier molecular flexibility index (Phi) is 12.6. The summed E-state index contributed by atoms with van der Waals surface area (Å²) in [6, 6.07) is -1.06. The van der Waals surface area contributed by atoms with Crippen LogP contribution < -0.4 is 5.73 Å². The van der Waals surface area contributed by atoms with Crippen molar-refractivity contribution in [3.8, 4) is 0 Å². The average Bonchev–Trinajstić information content (AvgIpc) is 2.14. The van der Waals surface area contributed by atoms with Gasteiger partial charge in [-0.3, -0.25) is 9.59 Å². The molecule has 1 unspecified atom stereocenters. The van der Waals surface area contributed by atoms with Gasteiger partial charge in [0.15, 0.2) is 0 Å². The topological polar surface area (TPSA) is 124 Å². The Bertz CT molecular complexity index is 202. The average molecular weight is 247 g/mol. The van der Waals surface area contributed by atoms with E-state index in [4.69, 9.17) is 15.9 Å². The molecular weight excluding hydrogens is 233 g/mol. The van der Waals surface area contributed by atoms with E-state index in [-0.39, 0.29) is 12.8 Å². The largest absolute Gasteiger partial charge is 0.481 e. The molecule has 0 bridgehead atoms. The van der Waals surface area contributed by atoms with Crippen molar-refractivity contribution in [2.24, 2.45) is 5.73 Å². The van der Waals surface area contributed by atoms with E-state index in [1.165, 1.54) is 0 Å². The van der Waals surface area contributed by atoms with Crippen LogP contribution in [0.15, 0.2) is 0 Å². The summed E-state index contributed by atoms with van der Waals surface area (Å²) in [5, 5.41) is 16.3. The number of rotatable bonds is 5. The van der Waals surface area contributed by atoms with Crippen molar-refractivity contribution < 1.29 is 24.4 Å². The van der Waals surface area contributed by atoms with Gasteiger partial charge in [0.25, 0.3) is 0 Å².